The van der Waals surface area contributed by atoms with Crippen molar-refractivity contribution in [3.05, 3.63) is 90.0 Å². The smallest absolute Gasteiger partial charge is 0.243 e. The number of aliphatic hydroxyl groups excluding tert-OH is 1. The summed E-state index contributed by atoms with van der Waals surface area (Å²) in [5.41, 5.74) is 2.28. The summed E-state index contributed by atoms with van der Waals surface area (Å²) in [6, 6.07) is 19.0. The summed E-state index contributed by atoms with van der Waals surface area (Å²) >= 11 is 0. The van der Waals surface area contributed by atoms with Gasteiger partial charge in [-0.2, -0.15) is 4.31 Å². The average Bonchev–Trinajstić information content (AvgIpc) is 2.84. The van der Waals surface area contributed by atoms with E-state index < -0.39 is 15.8 Å². The Morgan fingerprint density at radius 2 is 1.57 bits per heavy atom. The SMILES string of the molecule is O=S(=O)(c1ccc(F)cc1)N1CCCCN2[C@@H](CO)[C@H](c3ccc(-c4ccccc4F)cc3)[C@@H]2C1. The molecule has 1 N–H and O–H groups in total. The van der Waals surface area contributed by atoms with Crippen LogP contribution in [0.3, 0.4) is 0 Å². The number of hydrogen-bond acceptors (Lipinski definition) is 4. The van der Waals surface area contributed by atoms with E-state index in [1.807, 2.05) is 24.3 Å². The lowest BCUT2D eigenvalue weighted by Gasteiger charge is -2.57. The molecule has 0 radical (unpaired) electrons. The van der Waals surface area contributed by atoms with Crippen LogP contribution in [0.25, 0.3) is 11.1 Å². The lowest BCUT2D eigenvalue weighted by molar-refractivity contribution is -0.0553. The minimum atomic E-state index is -3.78. The minimum absolute atomic E-state index is 0.0268. The molecule has 2 fully saturated rings. The van der Waals surface area contributed by atoms with Crippen molar-refractivity contribution in [1.29, 1.82) is 0 Å². The molecule has 8 heteroatoms. The standard InChI is InChI=1S/C27H28F2N2O3S/c28-21-11-13-22(14-12-21)35(33,34)30-15-3-4-16-31-25(17-30)27(26(31)18-32)20-9-7-19(8-10-20)23-5-1-2-6-24(23)29/h1-2,5-14,25-27,32H,3-4,15-18H2/t25-,26-,27+/m0/s1. The van der Waals surface area contributed by atoms with Crippen LogP contribution in [0, 0.1) is 11.6 Å². The van der Waals surface area contributed by atoms with Gasteiger partial charge in [0.15, 0.2) is 0 Å². The molecule has 0 aliphatic carbocycles. The summed E-state index contributed by atoms with van der Waals surface area (Å²) in [5, 5.41) is 10.2. The molecule has 3 atom stereocenters. The second kappa shape index (κ2) is 9.78. The average molecular weight is 499 g/mol. The molecule has 2 aliphatic rings. The van der Waals surface area contributed by atoms with Crippen LogP contribution in [0.4, 0.5) is 8.78 Å². The highest BCUT2D eigenvalue weighted by Gasteiger charge is 2.50. The third-order valence-electron chi connectivity index (χ3n) is 7.26. The summed E-state index contributed by atoms with van der Waals surface area (Å²) in [6.45, 7) is 1.45. The van der Waals surface area contributed by atoms with Crippen molar-refractivity contribution in [2.75, 3.05) is 26.2 Å². The maximum absolute atomic E-state index is 14.2. The Morgan fingerprint density at radius 1 is 0.886 bits per heavy atom. The van der Waals surface area contributed by atoms with Gasteiger partial charge in [-0.1, -0.05) is 42.5 Å². The van der Waals surface area contributed by atoms with Crippen LogP contribution < -0.4 is 0 Å². The number of aliphatic hydroxyl groups is 1. The zero-order chi connectivity index (χ0) is 24.6. The molecule has 2 heterocycles. The normalized spacial score (nSPS) is 23.7. The molecule has 3 aromatic carbocycles. The number of sulfonamides is 1. The topological polar surface area (TPSA) is 60.9 Å². The number of nitrogens with zero attached hydrogens (tertiary/aromatic N) is 2. The summed E-state index contributed by atoms with van der Waals surface area (Å²) < 4.78 is 55.8. The fourth-order valence-corrected chi connectivity index (χ4v) is 6.96. The Kier molecular flexibility index (Phi) is 6.72. The van der Waals surface area contributed by atoms with Gasteiger partial charge in [0.2, 0.25) is 10.0 Å². The summed E-state index contributed by atoms with van der Waals surface area (Å²) in [7, 11) is -3.78. The van der Waals surface area contributed by atoms with E-state index in [0.717, 1.165) is 36.2 Å². The molecule has 3 aromatic rings. The molecule has 0 spiro atoms. The molecule has 35 heavy (non-hydrogen) atoms. The van der Waals surface area contributed by atoms with Crippen molar-refractivity contribution < 1.29 is 22.3 Å². The van der Waals surface area contributed by atoms with E-state index in [9.17, 15) is 22.3 Å². The van der Waals surface area contributed by atoms with E-state index >= 15 is 0 Å². The predicted octanol–water partition coefficient (Wildman–Crippen LogP) is 4.25. The quantitative estimate of drug-likeness (QED) is 0.572. The molecule has 0 bridgehead atoms. The van der Waals surface area contributed by atoms with Gasteiger partial charge in [0, 0.05) is 36.7 Å². The number of rotatable bonds is 5. The van der Waals surface area contributed by atoms with E-state index in [-0.39, 0.29) is 41.9 Å². The first kappa shape index (κ1) is 24.1. The van der Waals surface area contributed by atoms with Crippen LogP contribution in [-0.4, -0.2) is 61.1 Å². The van der Waals surface area contributed by atoms with Crippen molar-refractivity contribution in [2.45, 2.75) is 35.7 Å². The monoisotopic (exact) mass is 498 g/mol. The van der Waals surface area contributed by atoms with E-state index in [4.69, 9.17) is 0 Å². The molecular weight excluding hydrogens is 470 g/mol. The van der Waals surface area contributed by atoms with Crippen LogP contribution in [0.5, 0.6) is 0 Å². The van der Waals surface area contributed by atoms with Crippen molar-refractivity contribution >= 4 is 10.0 Å². The zero-order valence-corrected chi connectivity index (χ0v) is 20.0. The van der Waals surface area contributed by atoms with Gasteiger partial charge in [-0.05, 0) is 60.8 Å². The molecule has 5 nitrogen and oxygen atoms in total. The predicted molar refractivity (Wildman–Crippen MR) is 130 cm³/mol. The van der Waals surface area contributed by atoms with E-state index in [0.29, 0.717) is 18.5 Å². The molecular formula is C27H28F2N2O3S. The Hall–Kier alpha value is -2.65. The van der Waals surface area contributed by atoms with E-state index in [1.165, 1.54) is 22.5 Å². The molecule has 2 saturated heterocycles. The number of benzene rings is 3. The Bertz CT molecular complexity index is 1280. The molecule has 2 aliphatic heterocycles. The Balaban J connectivity index is 1.43. The van der Waals surface area contributed by atoms with Gasteiger partial charge < -0.3 is 5.11 Å². The van der Waals surface area contributed by atoms with Crippen LogP contribution in [0.15, 0.2) is 77.7 Å². The van der Waals surface area contributed by atoms with Crippen LogP contribution in [0.1, 0.15) is 24.3 Å². The first-order valence-electron chi connectivity index (χ1n) is 11.9. The lowest BCUT2D eigenvalue weighted by atomic mass is 9.74. The second-order valence-electron chi connectivity index (χ2n) is 9.21. The van der Waals surface area contributed by atoms with Gasteiger partial charge in [-0.15, -0.1) is 0 Å². The molecule has 0 amide bonds. The highest BCUT2D eigenvalue weighted by molar-refractivity contribution is 7.89. The highest BCUT2D eigenvalue weighted by Crippen LogP contribution is 2.43. The summed E-state index contributed by atoms with van der Waals surface area (Å²) in [5.74, 6) is -0.824. The third-order valence-corrected chi connectivity index (χ3v) is 9.14. The van der Waals surface area contributed by atoms with Crippen molar-refractivity contribution in [1.82, 2.24) is 9.21 Å². The lowest BCUT2D eigenvalue weighted by Crippen LogP contribution is -2.67. The van der Waals surface area contributed by atoms with Gasteiger partial charge in [0.05, 0.1) is 11.5 Å². The zero-order valence-electron chi connectivity index (χ0n) is 19.2. The van der Waals surface area contributed by atoms with Gasteiger partial charge in [0.1, 0.15) is 11.6 Å². The van der Waals surface area contributed by atoms with Crippen molar-refractivity contribution in [2.24, 2.45) is 0 Å². The first-order chi connectivity index (χ1) is 16.9. The number of halogens is 2. The van der Waals surface area contributed by atoms with Crippen molar-refractivity contribution in [3.63, 3.8) is 0 Å². The number of hydrogen-bond donors (Lipinski definition) is 1. The van der Waals surface area contributed by atoms with E-state index in [1.54, 1.807) is 18.2 Å². The van der Waals surface area contributed by atoms with Crippen LogP contribution in [0.2, 0.25) is 0 Å². The van der Waals surface area contributed by atoms with E-state index in [2.05, 4.69) is 4.90 Å². The van der Waals surface area contributed by atoms with Gasteiger partial charge >= 0.3 is 0 Å². The minimum Gasteiger partial charge on any atom is -0.395 e. The molecule has 5 rings (SSSR count). The fraction of sp³-hybridized carbons (Fsp3) is 0.333. The summed E-state index contributed by atoms with van der Waals surface area (Å²) in [4.78, 5) is 2.27. The molecule has 0 saturated carbocycles. The van der Waals surface area contributed by atoms with Gasteiger partial charge in [-0.25, -0.2) is 17.2 Å². The van der Waals surface area contributed by atoms with Crippen LogP contribution >= 0.6 is 0 Å². The summed E-state index contributed by atoms with van der Waals surface area (Å²) in [6.07, 6.45) is 1.53. The molecule has 184 valence electrons. The van der Waals surface area contributed by atoms with Gasteiger partial charge in [0.25, 0.3) is 0 Å². The Labute approximate surface area is 204 Å². The molecule has 0 aromatic heterocycles. The van der Waals surface area contributed by atoms with Crippen molar-refractivity contribution in [3.8, 4) is 11.1 Å². The fourth-order valence-electron chi connectivity index (χ4n) is 5.46. The Morgan fingerprint density at radius 3 is 2.26 bits per heavy atom. The van der Waals surface area contributed by atoms with Crippen LogP contribution in [-0.2, 0) is 10.0 Å². The largest absolute Gasteiger partial charge is 0.395 e. The second-order valence-corrected chi connectivity index (χ2v) is 11.1. The maximum Gasteiger partial charge on any atom is 0.243 e. The molecule has 0 unspecified atom stereocenters. The highest BCUT2D eigenvalue weighted by atomic mass is 32.2. The number of fused-ring (bicyclic) bond motifs is 1. The first-order valence-corrected chi connectivity index (χ1v) is 13.3. The third kappa shape index (κ3) is 4.51. The van der Waals surface area contributed by atoms with Gasteiger partial charge in [-0.3, -0.25) is 4.90 Å². The maximum atomic E-state index is 14.2.